The number of anilines is 2. The van der Waals surface area contributed by atoms with Gasteiger partial charge in [0.15, 0.2) is 5.13 Å². The average Bonchev–Trinajstić information content (AvgIpc) is 3.22. The lowest BCUT2D eigenvalue weighted by Gasteiger charge is -2.14. The first-order valence-electron chi connectivity index (χ1n) is 8.58. The van der Waals surface area contributed by atoms with E-state index in [0.29, 0.717) is 16.4 Å². The zero-order valence-electron chi connectivity index (χ0n) is 14.9. The summed E-state index contributed by atoms with van der Waals surface area (Å²) in [5.41, 5.74) is 3.85. The molecule has 1 N–H and O–H groups in total. The second-order valence-electron chi connectivity index (χ2n) is 6.52. The van der Waals surface area contributed by atoms with Gasteiger partial charge in [-0.25, -0.2) is 4.98 Å². The Morgan fingerprint density at radius 2 is 1.78 bits per heavy atom. The van der Waals surface area contributed by atoms with Gasteiger partial charge in [0, 0.05) is 18.4 Å². The smallest absolute Gasteiger partial charge is 0.257 e. The second-order valence-corrected chi connectivity index (χ2v) is 7.52. The van der Waals surface area contributed by atoms with E-state index in [1.54, 1.807) is 24.3 Å². The third-order valence-corrected chi connectivity index (χ3v) is 5.69. The first kappa shape index (κ1) is 17.4. The zero-order valence-corrected chi connectivity index (χ0v) is 15.7. The molecule has 7 heteroatoms. The topological polar surface area (TPSA) is 79.4 Å². The predicted molar refractivity (Wildman–Crippen MR) is 105 cm³/mol. The van der Waals surface area contributed by atoms with Gasteiger partial charge >= 0.3 is 0 Å². The van der Waals surface area contributed by atoms with Crippen molar-refractivity contribution in [3.05, 3.63) is 53.1 Å². The average molecular weight is 379 g/mol. The van der Waals surface area contributed by atoms with E-state index < -0.39 is 0 Å². The molecule has 3 aromatic rings. The van der Waals surface area contributed by atoms with Crippen LogP contribution in [0.25, 0.3) is 10.2 Å². The summed E-state index contributed by atoms with van der Waals surface area (Å²) >= 11 is 1.43. The quantitative estimate of drug-likeness (QED) is 0.702. The molecule has 1 aliphatic heterocycles. The molecule has 0 spiro atoms. The molecule has 1 aliphatic rings. The Morgan fingerprint density at radius 3 is 2.48 bits per heavy atom. The van der Waals surface area contributed by atoms with E-state index in [-0.39, 0.29) is 30.6 Å². The second kappa shape index (κ2) is 6.59. The van der Waals surface area contributed by atoms with Crippen LogP contribution in [-0.4, -0.2) is 22.7 Å². The van der Waals surface area contributed by atoms with Crippen LogP contribution in [0.2, 0.25) is 0 Å². The number of rotatable bonds is 3. The van der Waals surface area contributed by atoms with Crippen molar-refractivity contribution < 1.29 is 14.4 Å². The number of fused-ring (bicyclic) bond motifs is 1. The van der Waals surface area contributed by atoms with Crippen molar-refractivity contribution in [1.82, 2.24) is 4.98 Å². The first-order valence-corrected chi connectivity index (χ1v) is 9.39. The number of imide groups is 1. The number of nitrogens with one attached hydrogen (secondary N) is 1. The van der Waals surface area contributed by atoms with Crippen molar-refractivity contribution in [3.8, 4) is 0 Å². The lowest BCUT2D eigenvalue weighted by Crippen LogP contribution is -2.28. The van der Waals surface area contributed by atoms with Gasteiger partial charge in [-0.3, -0.25) is 24.6 Å². The lowest BCUT2D eigenvalue weighted by molar-refractivity contribution is -0.121. The Kier molecular flexibility index (Phi) is 4.24. The number of carbonyl (C=O) groups is 3. The van der Waals surface area contributed by atoms with Crippen LogP contribution in [0.15, 0.2) is 36.4 Å². The Morgan fingerprint density at radius 1 is 1.07 bits per heavy atom. The van der Waals surface area contributed by atoms with E-state index in [1.165, 1.54) is 11.3 Å². The SMILES string of the molecule is Cc1ccc(C)c2sc(NC(=O)c3cccc(N4C(=O)CCC4=O)c3)nc12. The molecule has 6 nitrogen and oxygen atoms in total. The van der Waals surface area contributed by atoms with Gasteiger partial charge in [-0.15, -0.1) is 0 Å². The van der Waals surface area contributed by atoms with Crippen LogP contribution in [0.3, 0.4) is 0 Å². The Bertz CT molecular complexity index is 1050. The third kappa shape index (κ3) is 3.10. The summed E-state index contributed by atoms with van der Waals surface area (Å²) in [7, 11) is 0. The Balaban J connectivity index is 1.61. The summed E-state index contributed by atoms with van der Waals surface area (Å²) in [5.74, 6) is -0.810. The number of hydrogen-bond donors (Lipinski definition) is 1. The fourth-order valence-electron chi connectivity index (χ4n) is 3.13. The van der Waals surface area contributed by atoms with Crippen molar-refractivity contribution in [1.29, 1.82) is 0 Å². The molecule has 2 heterocycles. The normalized spacial score (nSPS) is 14.2. The van der Waals surface area contributed by atoms with Gasteiger partial charge in [-0.1, -0.05) is 29.5 Å². The minimum atomic E-state index is -0.328. The summed E-state index contributed by atoms with van der Waals surface area (Å²) in [6.45, 7) is 4.00. The highest BCUT2D eigenvalue weighted by Gasteiger charge is 2.30. The van der Waals surface area contributed by atoms with Gasteiger partial charge in [-0.05, 0) is 43.2 Å². The minimum absolute atomic E-state index is 0.208. The number of benzene rings is 2. The molecule has 1 saturated heterocycles. The first-order chi connectivity index (χ1) is 12.9. The molecule has 2 aromatic carbocycles. The number of thiazole rings is 1. The standard InChI is InChI=1S/C20H17N3O3S/c1-11-6-7-12(2)18-17(11)21-20(27-18)22-19(26)13-4-3-5-14(10-13)23-15(24)8-9-16(23)25/h3-7,10H,8-9H2,1-2H3,(H,21,22,26). The molecule has 1 aromatic heterocycles. The van der Waals surface area contributed by atoms with E-state index in [2.05, 4.69) is 10.3 Å². The molecule has 0 atom stereocenters. The van der Waals surface area contributed by atoms with E-state index >= 15 is 0 Å². The van der Waals surface area contributed by atoms with E-state index in [4.69, 9.17) is 0 Å². The highest BCUT2D eigenvalue weighted by Crippen LogP contribution is 2.31. The fraction of sp³-hybridized carbons (Fsp3) is 0.200. The molecule has 0 radical (unpaired) electrons. The molecular weight excluding hydrogens is 362 g/mol. The van der Waals surface area contributed by atoms with Crippen LogP contribution in [0.1, 0.15) is 34.3 Å². The molecular formula is C20H17N3O3S. The molecule has 0 bridgehead atoms. The van der Waals surface area contributed by atoms with Gasteiger partial charge < -0.3 is 0 Å². The van der Waals surface area contributed by atoms with Gasteiger partial charge in [0.2, 0.25) is 11.8 Å². The molecule has 27 heavy (non-hydrogen) atoms. The lowest BCUT2D eigenvalue weighted by atomic mass is 10.1. The number of carbonyl (C=O) groups excluding carboxylic acids is 3. The van der Waals surface area contributed by atoms with Crippen molar-refractivity contribution >= 4 is 50.1 Å². The van der Waals surface area contributed by atoms with Crippen molar-refractivity contribution in [3.63, 3.8) is 0 Å². The monoisotopic (exact) mass is 379 g/mol. The molecule has 1 fully saturated rings. The van der Waals surface area contributed by atoms with Gasteiger partial charge in [0.05, 0.1) is 15.9 Å². The molecule has 0 aliphatic carbocycles. The van der Waals surface area contributed by atoms with E-state index in [9.17, 15) is 14.4 Å². The summed E-state index contributed by atoms with van der Waals surface area (Å²) in [5, 5.41) is 3.34. The summed E-state index contributed by atoms with van der Waals surface area (Å²) in [6, 6.07) is 10.6. The number of amides is 3. The molecule has 136 valence electrons. The highest BCUT2D eigenvalue weighted by molar-refractivity contribution is 7.22. The molecule has 0 saturated carbocycles. The van der Waals surface area contributed by atoms with Crippen LogP contribution >= 0.6 is 11.3 Å². The van der Waals surface area contributed by atoms with Gasteiger partial charge in [0.25, 0.3) is 5.91 Å². The summed E-state index contributed by atoms with van der Waals surface area (Å²) < 4.78 is 1.05. The minimum Gasteiger partial charge on any atom is -0.298 e. The van der Waals surface area contributed by atoms with E-state index in [1.807, 2.05) is 26.0 Å². The van der Waals surface area contributed by atoms with E-state index in [0.717, 1.165) is 26.2 Å². The highest BCUT2D eigenvalue weighted by atomic mass is 32.1. The van der Waals surface area contributed by atoms with Gasteiger partial charge in [0.1, 0.15) is 0 Å². The van der Waals surface area contributed by atoms with Crippen LogP contribution < -0.4 is 10.2 Å². The van der Waals surface area contributed by atoms with Crippen LogP contribution in [0.5, 0.6) is 0 Å². The van der Waals surface area contributed by atoms with Crippen LogP contribution in [0, 0.1) is 13.8 Å². The maximum atomic E-state index is 12.7. The Hall–Kier alpha value is -3.06. The maximum absolute atomic E-state index is 12.7. The maximum Gasteiger partial charge on any atom is 0.257 e. The molecule has 4 rings (SSSR count). The zero-order chi connectivity index (χ0) is 19.1. The number of aromatic nitrogens is 1. The van der Waals surface area contributed by atoms with Crippen molar-refractivity contribution in [2.45, 2.75) is 26.7 Å². The van der Waals surface area contributed by atoms with Crippen molar-refractivity contribution in [2.75, 3.05) is 10.2 Å². The largest absolute Gasteiger partial charge is 0.298 e. The molecule has 0 unspecified atom stereocenters. The van der Waals surface area contributed by atoms with Gasteiger partial charge in [-0.2, -0.15) is 0 Å². The van der Waals surface area contributed by atoms with Crippen molar-refractivity contribution in [2.24, 2.45) is 0 Å². The summed E-state index contributed by atoms with van der Waals surface area (Å²) in [4.78, 5) is 42.2. The van der Waals surface area contributed by atoms with Crippen LogP contribution in [-0.2, 0) is 9.59 Å². The van der Waals surface area contributed by atoms with Crippen LogP contribution in [0.4, 0.5) is 10.8 Å². The number of nitrogens with zero attached hydrogens (tertiary/aromatic N) is 2. The molecule has 3 amide bonds. The number of aryl methyl sites for hydroxylation is 2. The number of hydrogen-bond acceptors (Lipinski definition) is 5. The Labute approximate surface area is 159 Å². The fourth-order valence-corrected chi connectivity index (χ4v) is 4.14. The summed E-state index contributed by atoms with van der Waals surface area (Å²) in [6.07, 6.45) is 0.416. The third-order valence-electron chi connectivity index (χ3n) is 4.58. The predicted octanol–water partition coefficient (Wildman–Crippen LogP) is 3.82.